The number of carbonyl (C=O) groups is 1. The third kappa shape index (κ3) is 5.47. The Kier molecular flexibility index (Phi) is 6.54. The van der Waals surface area contributed by atoms with Gasteiger partial charge >= 0.3 is 0 Å². The van der Waals surface area contributed by atoms with Crippen LogP contribution in [0.25, 0.3) is 0 Å². The predicted octanol–water partition coefficient (Wildman–Crippen LogP) is 4.54. The maximum atomic E-state index is 13.0. The fraction of sp³-hybridized carbons (Fsp3) is 0.273. The van der Waals surface area contributed by atoms with Crippen LogP contribution in [0.15, 0.2) is 48.5 Å². The van der Waals surface area contributed by atoms with Crippen LogP contribution in [0.4, 0.5) is 10.1 Å². The minimum Gasteiger partial charge on any atom is -0.321 e. The lowest BCUT2D eigenvalue weighted by molar-refractivity contribution is 0.103. The molecule has 0 spiro atoms. The summed E-state index contributed by atoms with van der Waals surface area (Å²) in [6.45, 7) is 2.83. The first-order valence-corrected chi connectivity index (χ1v) is 9.98. The summed E-state index contributed by atoms with van der Waals surface area (Å²) in [6.07, 6.45) is 1.56. The van der Waals surface area contributed by atoms with Crippen molar-refractivity contribution in [3.63, 3.8) is 0 Å². The van der Waals surface area contributed by atoms with E-state index in [1.165, 1.54) is 29.0 Å². The summed E-state index contributed by atoms with van der Waals surface area (Å²) in [6, 6.07) is 14.3. The van der Waals surface area contributed by atoms with Crippen molar-refractivity contribution in [1.29, 1.82) is 0 Å². The number of hydrogen-bond acceptors (Lipinski definition) is 4. The van der Waals surface area contributed by atoms with E-state index in [1.807, 2.05) is 31.2 Å². The zero-order valence-electron chi connectivity index (χ0n) is 16.3. The molecule has 6 heteroatoms. The summed E-state index contributed by atoms with van der Waals surface area (Å²) in [5.41, 5.74) is 3.69. The highest BCUT2D eigenvalue weighted by molar-refractivity contribution is 7.14. The molecule has 0 aliphatic rings. The molecule has 0 saturated heterocycles. The fourth-order valence-electron chi connectivity index (χ4n) is 2.81. The van der Waals surface area contributed by atoms with E-state index >= 15 is 0 Å². The highest BCUT2D eigenvalue weighted by atomic mass is 32.1. The first-order valence-electron chi connectivity index (χ1n) is 9.16. The van der Waals surface area contributed by atoms with Crippen molar-refractivity contribution in [3.8, 4) is 0 Å². The molecule has 0 atom stereocenters. The molecule has 1 N–H and O–H groups in total. The van der Waals surface area contributed by atoms with E-state index in [0.717, 1.165) is 29.2 Å². The van der Waals surface area contributed by atoms with Gasteiger partial charge in [-0.1, -0.05) is 24.3 Å². The summed E-state index contributed by atoms with van der Waals surface area (Å²) in [7, 11) is 4.10. The van der Waals surface area contributed by atoms with Crippen molar-refractivity contribution in [2.75, 3.05) is 26.0 Å². The lowest BCUT2D eigenvalue weighted by Gasteiger charge is -2.10. The molecule has 0 unspecified atom stereocenters. The molecule has 0 radical (unpaired) electrons. The topological polar surface area (TPSA) is 45.2 Å². The largest absolute Gasteiger partial charge is 0.321 e. The minimum atomic E-state index is -0.258. The van der Waals surface area contributed by atoms with E-state index in [1.54, 1.807) is 12.1 Å². The van der Waals surface area contributed by atoms with E-state index < -0.39 is 0 Å². The number of rotatable bonds is 7. The number of nitrogens with one attached hydrogen (secondary N) is 1. The third-order valence-electron chi connectivity index (χ3n) is 4.38. The van der Waals surface area contributed by atoms with Gasteiger partial charge in [-0.15, -0.1) is 11.3 Å². The van der Waals surface area contributed by atoms with Crippen molar-refractivity contribution in [2.24, 2.45) is 0 Å². The standard InChI is InChI=1S/C22H24FN3OS/c1-15-21(28-20(24-15)14-17-4-8-18(23)9-5-17)22(27)25-19-10-6-16(7-11-19)12-13-26(2)3/h4-11H,12-14H2,1-3H3,(H,25,27). The van der Waals surface area contributed by atoms with E-state index in [0.29, 0.717) is 17.0 Å². The number of halogens is 1. The van der Waals surface area contributed by atoms with Crippen LogP contribution < -0.4 is 5.32 Å². The Morgan fingerprint density at radius 3 is 2.36 bits per heavy atom. The number of benzene rings is 2. The number of anilines is 1. The molecule has 3 rings (SSSR count). The summed E-state index contributed by atoms with van der Waals surface area (Å²) in [5.74, 6) is -0.409. The summed E-state index contributed by atoms with van der Waals surface area (Å²) in [4.78, 5) is 19.9. The highest BCUT2D eigenvalue weighted by Gasteiger charge is 2.16. The average molecular weight is 398 g/mol. The molecule has 0 aliphatic heterocycles. The van der Waals surface area contributed by atoms with Gasteiger partial charge in [-0.2, -0.15) is 0 Å². The second-order valence-electron chi connectivity index (χ2n) is 7.03. The molecule has 2 aromatic carbocycles. The Balaban J connectivity index is 1.64. The molecular weight excluding hydrogens is 373 g/mol. The maximum Gasteiger partial charge on any atom is 0.267 e. The van der Waals surface area contributed by atoms with Crippen LogP contribution in [-0.2, 0) is 12.8 Å². The summed E-state index contributed by atoms with van der Waals surface area (Å²) < 4.78 is 13.0. The van der Waals surface area contributed by atoms with Crippen molar-refractivity contribution < 1.29 is 9.18 Å². The first kappa shape index (κ1) is 20.2. The van der Waals surface area contributed by atoms with Crippen molar-refractivity contribution >= 4 is 22.9 Å². The van der Waals surface area contributed by atoms with Crippen LogP contribution in [-0.4, -0.2) is 36.4 Å². The van der Waals surface area contributed by atoms with E-state index in [9.17, 15) is 9.18 Å². The number of nitrogens with zero attached hydrogens (tertiary/aromatic N) is 2. The Hall–Kier alpha value is -2.57. The Bertz CT molecular complexity index is 933. The van der Waals surface area contributed by atoms with Gasteiger partial charge in [0.1, 0.15) is 10.7 Å². The molecule has 0 saturated carbocycles. The maximum absolute atomic E-state index is 13.0. The van der Waals surface area contributed by atoms with Gasteiger partial charge in [0.25, 0.3) is 5.91 Å². The van der Waals surface area contributed by atoms with Gasteiger partial charge in [0.15, 0.2) is 0 Å². The molecule has 1 aromatic heterocycles. The molecule has 28 heavy (non-hydrogen) atoms. The van der Waals surface area contributed by atoms with Crippen LogP contribution in [0.1, 0.15) is 31.5 Å². The Labute approximate surface area is 169 Å². The molecule has 1 amide bonds. The summed E-state index contributed by atoms with van der Waals surface area (Å²) >= 11 is 1.38. The van der Waals surface area contributed by atoms with Crippen LogP contribution in [0, 0.1) is 12.7 Å². The molecule has 0 aliphatic carbocycles. The SMILES string of the molecule is Cc1nc(Cc2ccc(F)cc2)sc1C(=O)Nc1ccc(CCN(C)C)cc1. The lowest BCUT2D eigenvalue weighted by atomic mass is 10.1. The fourth-order valence-corrected chi connectivity index (χ4v) is 3.80. The van der Waals surface area contributed by atoms with Gasteiger partial charge in [-0.05, 0) is 62.8 Å². The quantitative estimate of drug-likeness (QED) is 0.637. The molecule has 3 aromatic rings. The number of aromatic nitrogens is 1. The molecule has 0 bridgehead atoms. The van der Waals surface area contributed by atoms with Crippen LogP contribution >= 0.6 is 11.3 Å². The first-order chi connectivity index (χ1) is 13.4. The number of amides is 1. The molecule has 4 nitrogen and oxygen atoms in total. The number of aryl methyl sites for hydroxylation is 1. The summed E-state index contributed by atoms with van der Waals surface area (Å²) in [5, 5.41) is 3.79. The predicted molar refractivity (Wildman–Crippen MR) is 113 cm³/mol. The number of likely N-dealkylation sites (N-methyl/N-ethyl adjacent to an activating group) is 1. The monoisotopic (exact) mass is 397 g/mol. The zero-order valence-corrected chi connectivity index (χ0v) is 17.1. The third-order valence-corrected chi connectivity index (χ3v) is 5.53. The van der Waals surface area contributed by atoms with Gasteiger partial charge in [-0.25, -0.2) is 9.37 Å². The molecule has 1 heterocycles. The lowest BCUT2D eigenvalue weighted by Crippen LogP contribution is -2.15. The van der Waals surface area contributed by atoms with Crippen molar-refractivity contribution in [1.82, 2.24) is 9.88 Å². The molecular formula is C22H24FN3OS. The molecule has 146 valence electrons. The van der Waals surface area contributed by atoms with Crippen molar-refractivity contribution in [3.05, 3.63) is 81.1 Å². The Morgan fingerprint density at radius 2 is 1.71 bits per heavy atom. The van der Waals surface area contributed by atoms with E-state index in [4.69, 9.17) is 0 Å². The second kappa shape index (κ2) is 9.08. The van der Waals surface area contributed by atoms with Gasteiger partial charge < -0.3 is 10.2 Å². The van der Waals surface area contributed by atoms with Crippen LogP contribution in [0.2, 0.25) is 0 Å². The molecule has 0 fully saturated rings. The normalized spacial score (nSPS) is 11.0. The Morgan fingerprint density at radius 1 is 1.07 bits per heavy atom. The zero-order chi connectivity index (χ0) is 20.1. The van der Waals surface area contributed by atoms with E-state index in [2.05, 4.69) is 29.3 Å². The smallest absolute Gasteiger partial charge is 0.267 e. The van der Waals surface area contributed by atoms with Crippen LogP contribution in [0.5, 0.6) is 0 Å². The number of carbonyl (C=O) groups excluding carboxylic acids is 1. The van der Waals surface area contributed by atoms with Gasteiger partial charge in [0.05, 0.1) is 10.7 Å². The van der Waals surface area contributed by atoms with Gasteiger partial charge in [0, 0.05) is 18.7 Å². The van der Waals surface area contributed by atoms with Gasteiger partial charge in [0.2, 0.25) is 0 Å². The van der Waals surface area contributed by atoms with E-state index in [-0.39, 0.29) is 11.7 Å². The average Bonchev–Trinajstić information content (AvgIpc) is 3.03. The highest BCUT2D eigenvalue weighted by Crippen LogP contribution is 2.22. The minimum absolute atomic E-state index is 0.151. The number of thiazole rings is 1. The van der Waals surface area contributed by atoms with Crippen LogP contribution in [0.3, 0.4) is 0 Å². The van der Waals surface area contributed by atoms with Gasteiger partial charge in [-0.3, -0.25) is 4.79 Å². The van der Waals surface area contributed by atoms with Crippen molar-refractivity contribution in [2.45, 2.75) is 19.8 Å². The second-order valence-corrected chi connectivity index (χ2v) is 8.11. The number of hydrogen-bond donors (Lipinski definition) is 1.